The molecule has 3 nitrogen and oxygen atoms in total. The minimum Gasteiger partial charge on any atom is -0.465 e. The molecule has 1 heterocycles. The van der Waals surface area contributed by atoms with E-state index in [0.29, 0.717) is 26.2 Å². The number of rotatable bonds is 2. The summed E-state index contributed by atoms with van der Waals surface area (Å²) in [6.07, 6.45) is 0. The number of carbonyl (C=O) groups excluding carboxylic acids is 1. The van der Waals surface area contributed by atoms with Crippen molar-refractivity contribution in [3.05, 3.63) is 39.2 Å². The van der Waals surface area contributed by atoms with Crippen LogP contribution in [0.25, 0.3) is 10.4 Å². The number of nitrogens with two attached hydrogens (primary N) is 1. The first-order chi connectivity index (χ1) is 8.54. The van der Waals surface area contributed by atoms with E-state index in [2.05, 4.69) is 4.74 Å². The number of ether oxygens (including phenoxy) is 1. The molecule has 1 aromatic carbocycles. The van der Waals surface area contributed by atoms with E-state index in [4.69, 9.17) is 28.9 Å². The highest BCUT2D eigenvalue weighted by Gasteiger charge is 2.18. The van der Waals surface area contributed by atoms with Gasteiger partial charge in [-0.2, -0.15) is 0 Å². The summed E-state index contributed by atoms with van der Waals surface area (Å²) in [6.45, 7) is 0. The van der Waals surface area contributed by atoms with Gasteiger partial charge < -0.3 is 10.5 Å². The smallest absolute Gasteiger partial charge is 0.350 e. The molecule has 1 aromatic heterocycles. The fourth-order valence-electron chi connectivity index (χ4n) is 1.51. The van der Waals surface area contributed by atoms with E-state index in [1.165, 1.54) is 18.4 Å². The number of hydrogen-bond donors (Lipinski definition) is 1. The third-order valence-corrected chi connectivity index (χ3v) is 4.12. The Bertz CT molecular complexity index is 590. The van der Waals surface area contributed by atoms with Gasteiger partial charge in [-0.1, -0.05) is 29.3 Å². The van der Waals surface area contributed by atoms with E-state index < -0.39 is 5.97 Å². The molecule has 0 aliphatic heterocycles. The molecular weight excluding hydrogens is 293 g/mol. The van der Waals surface area contributed by atoms with Gasteiger partial charge in [-0.05, 0) is 18.2 Å². The molecule has 0 aliphatic carbocycles. The second-order valence-corrected chi connectivity index (χ2v) is 5.35. The molecule has 18 heavy (non-hydrogen) atoms. The van der Waals surface area contributed by atoms with Gasteiger partial charge in [0.1, 0.15) is 4.88 Å². The summed E-state index contributed by atoms with van der Waals surface area (Å²) >= 11 is 13.4. The molecule has 0 radical (unpaired) electrons. The lowest BCUT2D eigenvalue weighted by molar-refractivity contribution is 0.0607. The predicted molar refractivity (Wildman–Crippen MR) is 75.5 cm³/mol. The number of carbonyl (C=O) groups is 1. The van der Waals surface area contributed by atoms with Crippen molar-refractivity contribution in [2.75, 3.05) is 12.8 Å². The summed E-state index contributed by atoms with van der Waals surface area (Å²) in [6, 6.07) is 6.89. The Kier molecular flexibility index (Phi) is 3.80. The standard InChI is InChI=1S/C12H9Cl2NO2S/c1-17-12(16)11-8(15)5-9(18-11)10-6(13)3-2-4-7(10)14/h2-5H,15H2,1H3. The topological polar surface area (TPSA) is 52.3 Å². The van der Waals surface area contributed by atoms with Crippen LogP contribution in [0.5, 0.6) is 0 Å². The van der Waals surface area contributed by atoms with Crippen molar-refractivity contribution in [1.29, 1.82) is 0 Å². The van der Waals surface area contributed by atoms with Crippen LogP contribution in [0.15, 0.2) is 24.3 Å². The molecule has 0 unspecified atom stereocenters. The molecule has 94 valence electrons. The van der Waals surface area contributed by atoms with E-state index in [-0.39, 0.29) is 0 Å². The van der Waals surface area contributed by atoms with Crippen LogP contribution in [0.1, 0.15) is 9.67 Å². The molecule has 0 aliphatic rings. The van der Waals surface area contributed by atoms with Crippen molar-refractivity contribution >= 4 is 46.2 Å². The summed E-state index contributed by atoms with van der Waals surface area (Å²) in [5.41, 5.74) is 6.81. The Morgan fingerprint density at radius 2 is 1.94 bits per heavy atom. The number of hydrogen-bond acceptors (Lipinski definition) is 4. The molecule has 0 spiro atoms. The first-order valence-electron chi connectivity index (χ1n) is 4.96. The maximum absolute atomic E-state index is 11.5. The molecule has 2 aromatic rings. The van der Waals surface area contributed by atoms with Crippen molar-refractivity contribution in [2.45, 2.75) is 0 Å². The fraction of sp³-hybridized carbons (Fsp3) is 0.0833. The third-order valence-electron chi connectivity index (χ3n) is 2.34. The number of anilines is 1. The van der Waals surface area contributed by atoms with E-state index in [9.17, 15) is 4.79 Å². The summed E-state index contributed by atoms with van der Waals surface area (Å²) < 4.78 is 4.65. The van der Waals surface area contributed by atoms with Crippen molar-refractivity contribution in [3.63, 3.8) is 0 Å². The van der Waals surface area contributed by atoms with Gasteiger partial charge in [0, 0.05) is 10.4 Å². The van der Waals surface area contributed by atoms with Crippen LogP contribution in [-0.4, -0.2) is 13.1 Å². The number of methoxy groups -OCH3 is 1. The van der Waals surface area contributed by atoms with Crippen LogP contribution >= 0.6 is 34.5 Å². The Morgan fingerprint density at radius 1 is 1.33 bits per heavy atom. The summed E-state index contributed by atoms with van der Waals surface area (Å²) in [5, 5.41) is 1.03. The monoisotopic (exact) mass is 301 g/mol. The van der Waals surface area contributed by atoms with E-state index >= 15 is 0 Å². The van der Waals surface area contributed by atoms with Gasteiger partial charge in [0.2, 0.25) is 0 Å². The Labute approximate surface area is 118 Å². The average molecular weight is 302 g/mol. The van der Waals surface area contributed by atoms with Gasteiger partial charge in [0.15, 0.2) is 0 Å². The minimum atomic E-state index is -0.466. The highest BCUT2D eigenvalue weighted by Crippen LogP contribution is 2.40. The molecule has 6 heteroatoms. The Morgan fingerprint density at radius 3 is 2.50 bits per heavy atom. The van der Waals surface area contributed by atoms with Crippen molar-refractivity contribution in [2.24, 2.45) is 0 Å². The molecule has 0 atom stereocenters. The first kappa shape index (κ1) is 13.2. The van der Waals surface area contributed by atoms with Crippen molar-refractivity contribution in [3.8, 4) is 10.4 Å². The van der Waals surface area contributed by atoms with Crippen LogP contribution in [0.2, 0.25) is 10.0 Å². The van der Waals surface area contributed by atoms with E-state index in [0.717, 1.165) is 4.88 Å². The number of benzene rings is 1. The summed E-state index contributed by atoms with van der Waals surface area (Å²) in [7, 11) is 1.31. The molecular formula is C12H9Cl2NO2S. The normalized spacial score (nSPS) is 10.4. The molecule has 0 fully saturated rings. The lowest BCUT2D eigenvalue weighted by Gasteiger charge is -2.03. The van der Waals surface area contributed by atoms with Gasteiger partial charge in [0.05, 0.1) is 22.8 Å². The van der Waals surface area contributed by atoms with Crippen molar-refractivity contribution in [1.82, 2.24) is 0 Å². The summed E-state index contributed by atoms with van der Waals surface area (Å²) in [4.78, 5) is 12.6. The third kappa shape index (κ3) is 2.32. The first-order valence-corrected chi connectivity index (χ1v) is 6.54. The summed E-state index contributed by atoms with van der Waals surface area (Å²) in [5.74, 6) is -0.466. The Balaban J connectivity index is 2.56. The maximum atomic E-state index is 11.5. The minimum absolute atomic E-state index is 0.350. The van der Waals surface area contributed by atoms with Gasteiger partial charge >= 0.3 is 5.97 Å². The van der Waals surface area contributed by atoms with Crippen LogP contribution in [0.3, 0.4) is 0 Å². The second kappa shape index (κ2) is 5.18. The van der Waals surface area contributed by atoms with E-state index in [1.807, 2.05) is 0 Å². The van der Waals surface area contributed by atoms with Crippen LogP contribution in [-0.2, 0) is 4.74 Å². The molecule has 2 N–H and O–H groups in total. The van der Waals surface area contributed by atoms with Gasteiger partial charge in [-0.25, -0.2) is 4.79 Å². The zero-order valence-electron chi connectivity index (χ0n) is 9.37. The van der Waals surface area contributed by atoms with Crippen molar-refractivity contribution < 1.29 is 9.53 Å². The zero-order chi connectivity index (χ0) is 13.3. The lowest BCUT2D eigenvalue weighted by Crippen LogP contribution is -2.00. The van der Waals surface area contributed by atoms with Gasteiger partial charge in [-0.3, -0.25) is 0 Å². The average Bonchev–Trinajstić information content (AvgIpc) is 2.70. The van der Waals surface area contributed by atoms with Crippen LogP contribution < -0.4 is 5.73 Å². The zero-order valence-corrected chi connectivity index (χ0v) is 11.7. The second-order valence-electron chi connectivity index (χ2n) is 3.48. The van der Waals surface area contributed by atoms with Crippen LogP contribution in [0, 0.1) is 0 Å². The number of esters is 1. The highest BCUT2D eigenvalue weighted by atomic mass is 35.5. The van der Waals surface area contributed by atoms with Gasteiger partial charge in [0.25, 0.3) is 0 Å². The number of halogens is 2. The van der Waals surface area contributed by atoms with Gasteiger partial charge in [-0.15, -0.1) is 11.3 Å². The molecule has 0 saturated heterocycles. The highest BCUT2D eigenvalue weighted by molar-refractivity contribution is 7.18. The lowest BCUT2D eigenvalue weighted by atomic mass is 10.2. The largest absolute Gasteiger partial charge is 0.465 e. The molecule has 0 bridgehead atoms. The molecule has 0 amide bonds. The van der Waals surface area contributed by atoms with E-state index in [1.54, 1.807) is 24.3 Å². The Hall–Kier alpha value is -1.23. The SMILES string of the molecule is COC(=O)c1sc(-c2c(Cl)cccc2Cl)cc1N. The maximum Gasteiger partial charge on any atom is 0.350 e. The fourth-order valence-corrected chi connectivity index (χ4v) is 3.30. The predicted octanol–water partition coefficient (Wildman–Crippen LogP) is 4.09. The molecule has 0 saturated carbocycles. The van der Waals surface area contributed by atoms with Crippen LogP contribution in [0.4, 0.5) is 5.69 Å². The number of nitrogen functional groups attached to an aromatic ring is 1. The number of thiophene rings is 1. The quantitative estimate of drug-likeness (QED) is 0.850. The molecule has 2 rings (SSSR count).